The minimum atomic E-state index is -0.357. The molecule has 108 valence electrons. The van der Waals surface area contributed by atoms with Gasteiger partial charge in [-0.3, -0.25) is 4.68 Å². The number of nitrogen functional groups attached to an aromatic ring is 1. The van der Waals surface area contributed by atoms with Crippen molar-refractivity contribution in [2.75, 3.05) is 12.3 Å². The van der Waals surface area contributed by atoms with Crippen LogP contribution in [0.15, 0.2) is 45.9 Å². The van der Waals surface area contributed by atoms with Crippen molar-refractivity contribution in [1.29, 1.82) is 0 Å². The van der Waals surface area contributed by atoms with Crippen LogP contribution in [0.4, 0.5) is 5.69 Å². The van der Waals surface area contributed by atoms with Crippen LogP contribution in [0.3, 0.4) is 0 Å². The van der Waals surface area contributed by atoms with Crippen molar-refractivity contribution >= 4 is 16.7 Å². The predicted octanol–water partition coefficient (Wildman–Crippen LogP) is 1.96. The molecule has 1 aromatic carbocycles. The van der Waals surface area contributed by atoms with Crippen LogP contribution >= 0.6 is 0 Å². The van der Waals surface area contributed by atoms with E-state index >= 15 is 0 Å². The molecule has 0 aliphatic rings. The van der Waals surface area contributed by atoms with Gasteiger partial charge in [0.05, 0.1) is 18.4 Å². The molecule has 3 rings (SSSR count). The van der Waals surface area contributed by atoms with Crippen LogP contribution in [-0.4, -0.2) is 16.4 Å². The Bertz CT molecular complexity index is 836. The first kappa shape index (κ1) is 13.2. The minimum Gasteiger partial charge on any atom is -0.492 e. The zero-order chi connectivity index (χ0) is 14.8. The van der Waals surface area contributed by atoms with Gasteiger partial charge in [-0.2, -0.15) is 5.10 Å². The van der Waals surface area contributed by atoms with Crippen LogP contribution in [0.25, 0.3) is 11.0 Å². The number of rotatable bonds is 4. The summed E-state index contributed by atoms with van der Waals surface area (Å²) >= 11 is 0. The van der Waals surface area contributed by atoms with E-state index in [9.17, 15) is 4.79 Å². The van der Waals surface area contributed by atoms with E-state index in [0.29, 0.717) is 30.2 Å². The molecule has 0 saturated heterocycles. The Morgan fingerprint density at radius 2 is 2.24 bits per heavy atom. The molecule has 0 radical (unpaired) electrons. The van der Waals surface area contributed by atoms with Crippen LogP contribution in [0.5, 0.6) is 5.75 Å². The lowest BCUT2D eigenvalue weighted by atomic mass is 10.1. The molecule has 0 aliphatic carbocycles. The topological polar surface area (TPSA) is 83.3 Å². The van der Waals surface area contributed by atoms with Gasteiger partial charge >= 0.3 is 5.63 Å². The maximum Gasteiger partial charge on any atom is 0.336 e. The van der Waals surface area contributed by atoms with Crippen molar-refractivity contribution < 1.29 is 9.15 Å². The van der Waals surface area contributed by atoms with Crippen LogP contribution in [0.1, 0.15) is 5.56 Å². The summed E-state index contributed by atoms with van der Waals surface area (Å²) in [4.78, 5) is 11.4. The van der Waals surface area contributed by atoms with Gasteiger partial charge < -0.3 is 14.9 Å². The van der Waals surface area contributed by atoms with Crippen molar-refractivity contribution in [1.82, 2.24) is 9.78 Å². The molecule has 0 atom stereocenters. The standard InChI is InChI=1S/C15H15N3O3/c1-10-6-15(19)21-14-7-12(2-3-13(10)14)20-5-4-18-9-11(16)8-17-18/h2-3,6-9H,4-5,16H2,1H3. The van der Waals surface area contributed by atoms with E-state index in [4.69, 9.17) is 14.9 Å². The molecule has 21 heavy (non-hydrogen) atoms. The van der Waals surface area contributed by atoms with E-state index in [1.165, 1.54) is 6.07 Å². The Hall–Kier alpha value is -2.76. The van der Waals surface area contributed by atoms with E-state index in [0.717, 1.165) is 10.9 Å². The Labute approximate surface area is 120 Å². The van der Waals surface area contributed by atoms with Crippen LogP contribution in [-0.2, 0) is 6.54 Å². The van der Waals surface area contributed by atoms with Gasteiger partial charge in [0, 0.05) is 23.7 Å². The quantitative estimate of drug-likeness (QED) is 0.741. The first-order chi connectivity index (χ1) is 10.1. The van der Waals surface area contributed by atoms with Gasteiger partial charge in [0.2, 0.25) is 0 Å². The average molecular weight is 285 g/mol. The SMILES string of the molecule is Cc1cc(=O)oc2cc(OCCn3cc(N)cn3)ccc12. The molecule has 6 nitrogen and oxygen atoms in total. The largest absolute Gasteiger partial charge is 0.492 e. The molecule has 3 aromatic rings. The molecule has 0 saturated carbocycles. The molecule has 0 amide bonds. The number of nitrogens with zero attached hydrogens (tertiary/aromatic N) is 2. The molecule has 0 unspecified atom stereocenters. The molecule has 2 heterocycles. The second-order valence-electron chi connectivity index (χ2n) is 4.79. The maximum absolute atomic E-state index is 11.4. The van der Waals surface area contributed by atoms with Gasteiger partial charge in [0.25, 0.3) is 0 Å². The number of aryl methyl sites for hydroxylation is 1. The average Bonchev–Trinajstić information content (AvgIpc) is 2.84. The highest BCUT2D eigenvalue weighted by atomic mass is 16.5. The number of hydrogen-bond acceptors (Lipinski definition) is 5. The second kappa shape index (κ2) is 5.32. The number of ether oxygens (including phenoxy) is 1. The van der Waals surface area contributed by atoms with Gasteiger partial charge in [0.1, 0.15) is 17.9 Å². The molecule has 0 bridgehead atoms. The Kier molecular flexibility index (Phi) is 3.35. The highest BCUT2D eigenvalue weighted by Gasteiger charge is 2.04. The van der Waals surface area contributed by atoms with E-state index in [1.807, 2.05) is 19.1 Å². The Morgan fingerprint density at radius 1 is 1.38 bits per heavy atom. The Morgan fingerprint density at radius 3 is 3.00 bits per heavy atom. The highest BCUT2D eigenvalue weighted by Crippen LogP contribution is 2.22. The summed E-state index contributed by atoms with van der Waals surface area (Å²) in [5.74, 6) is 0.649. The lowest BCUT2D eigenvalue weighted by Gasteiger charge is -2.07. The molecule has 0 spiro atoms. The maximum atomic E-state index is 11.4. The third kappa shape index (κ3) is 2.89. The monoisotopic (exact) mass is 285 g/mol. The van der Waals surface area contributed by atoms with Crippen molar-refractivity contribution in [3.63, 3.8) is 0 Å². The van der Waals surface area contributed by atoms with Crippen molar-refractivity contribution in [2.45, 2.75) is 13.5 Å². The third-order valence-electron chi connectivity index (χ3n) is 3.17. The third-order valence-corrected chi connectivity index (χ3v) is 3.17. The predicted molar refractivity (Wildman–Crippen MR) is 79.4 cm³/mol. The molecule has 2 N–H and O–H groups in total. The van der Waals surface area contributed by atoms with Crippen LogP contribution < -0.4 is 16.1 Å². The van der Waals surface area contributed by atoms with Crippen LogP contribution in [0, 0.1) is 6.92 Å². The summed E-state index contributed by atoms with van der Waals surface area (Å²) < 4.78 is 12.5. The van der Waals surface area contributed by atoms with Gasteiger partial charge in [-0.25, -0.2) is 4.79 Å². The zero-order valence-corrected chi connectivity index (χ0v) is 11.6. The number of hydrogen-bond donors (Lipinski definition) is 1. The Balaban J connectivity index is 1.74. The minimum absolute atomic E-state index is 0.357. The number of nitrogens with two attached hydrogens (primary N) is 1. The summed E-state index contributed by atoms with van der Waals surface area (Å²) in [5.41, 5.74) is 7.27. The normalized spacial score (nSPS) is 10.9. The van der Waals surface area contributed by atoms with Gasteiger partial charge in [-0.05, 0) is 24.6 Å². The molecular weight excluding hydrogens is 270 g/mol. The van der Waals surface area contributed by atoms with E-state index in [2.05, 4.69) is 5.10 Å². The second-order valence-corrected chi connectivity index (χ2v) is 4.79. The molecule has 2 aromatic heterocycles. The lowest BCUT2D eigenvalue weighted by molar-refractivity contribution is 0.291. The van der Waals surface area contributed by atoms with Crippen molar-refractivity contribution in [3.8, 4) is 5.75 Å². The van der Waals surface area contributed by atoms with Gasteiger partial charge in [-0.15, -0.1) is 0 Å². The number of anilines is 1. The van der Waals surface area contributed by atoms with E-state index in [1.54, 1.807) is 23.1 Å². The van der Waals surface area contributed by atoms with Gasteiger partial charge in [0.15, 0.2) is 0 Å². The van der Waals surface area contributed by atoms with Crippen molar-refractivity contribution in [2.24, 2.45) is 0 Å². The first-order valence-electron chi connectivity index (χ1n) is 6.57. The summed E-state index contributed by atoms with van der Waals surface area (Å²) in [6.07, 6.45) is 3.33. The number of fused-ring (bicyclic) bond motifs is 1. The smallest absolute Gasteiger partial charge is 0.336 e. The summed E-state index contributed by atoms with van der Waals surface area (Å²) in [7, 11) is 0. The summed E-state index contributed by atoms with van der Waals surface area (Å²) in [5, 5.41) is 4.98. The zero-order valence-electron chi connectivity index (χ0n) is 11.6. The lowest BCUT2D eigenvalue weighted by Crippen LogP contribution is -2.08. The summed E-state index contributed by atoms with van der Waals surface area (Å²) in [6, 6.07) is 6.94. The fourth-order valence-corrected chi connectivity index (χ4v) is 2.15. The number of aromatic nitrogens is 2. The van der Waals surface area contributed by atoms with E-state index in [-0.39, 0.29) is 5.63 Å². The molecule has 6 heteroatoms. The first-order valence-corrected chi connectivity index (χ1v) is 6.57. The highest BCUT2D eigenvalue weighted by molar-refractivity contribution is 5.81. The van der Waals surface area contributed by atoms with Crippen molar-refractivity contribution in [3.05, 3.63) is 52.6 Å². The van der Waals surface area contributed by atoms with E-state index < -0.39 is 0 Å². The fraction of sp³-hybridized carbons (Fsp3) is 0.200. The number of benzene rings is 1. The summed E-state index contributed by atoms with van der Waals surface area (Å²) in [6.45, 7) is 2.91. The van der Waals surface area contributed by atoms with Crippen LogP contribution in [0.2, 0.25) is 0 Å². The van der Waals surface area contributed by atoms with Gasteiger partial charge in [-0.1, -0.05) is 0 Å². The molecule has 0 fully saturated rings. The molecular formula is C15H15N3O3. The molecule has 0 aliphatic heterocycles. The fourth-order valence-electron chi connectivity index (χ4n) is 2.15.